The highest BCUT2D eigenvalue weighted by Gasteiger charge is 2.52. The molecule has 1 heterocycles. The number of rotatable bonds is 4. The predicted octanol–water partition coefficient (Wildman–Crippen LogP) is 3.42. The number of alkyl carbamates (subject to hydrolysis) is 1. The lowest BCUT2D eigenvalue weighted by Gasteiger charge is -2.44. The van der Waals surface area contributed by atoms with Gasteiger partial charge in [0.2, 0.25) is 0 Å². The fourth-order valence-corrected chi connectivity index (χ4v) is 3.88. The van der Waals surface area contributed by atoms with E-state index in [1.54, 1.807) is 0 Å². The van der Waals surface area contributed by atoms with E-state index in [1.807, 2.05) is 20.8 Å². The van der Waals surface area contributed by atoms with Crippen LogP contribution in [-0.4, -0.2) is 36.2 Å². The van der Waals surface area contributed by atoms with Crippen molar-refractivity contribution in [3.8, 4) is 0 Å². The Labute approximate surface area is 139 Å². The van der Waals surface area contributed by atoms with Crippen LogP contribution < -0.4 is 5.32 Å². The van der Waals surface area contributed by atoms with Crippen LogP contribution in [0, 0.1) is 11.3 Å². The molecule has 3 rings (SSSR count). The van der Waals surface area contributed by atoms with E-state index in [1.165, 1.54) is 18.4 Å². The molecule has 1 aromatic carbocycles. The van der Waals surface area contributed by atoms with Gasteiger partial charge in [-0.05, 0) is 45.1 Å². The molecule has 1 aliphatic carbocycles. The molecule has 1 saturated heterocycles. The SMILES string of the molecule is CC(C)(C)OC(=O)NCC12CCC1CN(Cc1ccccc1)C2. The van der Waals surface area contributed by atoms with Gasteiger partial charge in [0.15, 0.2) is 0 Å². The molecule has 1 N–H and O–H groups in total. The number of nitrogens with one attached hydrogen (secondary N) is 1. The van der Waals surface area contributed by atoms with Gasteiger partial charge in [0.25, 0.3) is 0 Å². The Hall–Kier alpha value is -1.55. The number of benzene rings is 1. The number of fused-ring (bicyclic) bond motifs is 1. The molecule has 1 aliphatic heterocycles. The molecular formula is C19H28N2O2. The minimum Gasteiger partial charge on any atom is -0.444 e. The molecule has 126 valence electrons. The Morgan fingerprint density at radius 1 is 1.35 bits per heavy atom. The average molecular weight is 316 g/mol. The average Bonchev–Trinajstić information content (AvgIpc) is 2.69. The summed E-state index contributed by atoms with van der Waals surface area (Å²) in [5.41, 5.74) is 1.19. The molecule has 0 bridgehead atoms. The van der Waals surface area contributed by atoms with Crippen molar-refractivity contribution < 1.29 is 9.53 Å². The van der Waals surface area contributed by atoms with Crippen LogP contribution in [0.3, 0.4) is 0 Å². The number of hydrogen-bond donors (Lipinski definition) is 1. The first kappa shape index (κ1) is 16.3. The standard InChI is InChI=1S/C19H28N2O2/c1-18(2,3)23-17(22)20-13-19-10-9-16(19)12-21(14-19)11-15-7-5-4-6-8-15/h4-8,16H,9-14H2,1-3H3,(H,20,22). The molecule has 0 aromatic heterocycles. The van der Waals surface area contributed by atoms with Crippen LogP contribution in [-0.2, 0) is 11.3 Å². The molecule has 1 saturated carbocycles. The van der Waals surface area contributed by atoms with Crippen molar-refractivity contribution in [1.29, 1.82) is 0 Å². The maximum atomic E-state index is 11.9. The number of amides is 1. The first-order valence-electron chi connectivity index (χ1n) is 8.59. The van der Waals surface area contributed by atoms with Gasteiger partial charge in [0.05, 0.1) is 0 Å². The van der Waals surface area contributed by atoms with Crippen LogP contribution in [0.5, 0.6) is 0 Å². The molecule has 1 aromatic rings. The predicted molar refractivity (Wildman–Crippen MR) is 91.1 cm³/mol. The highest BCUT2D eigenvalue weighted by molar-refractivity contribution is 5.67. The van der Waals surface area contributed by atoms with Crippen LogP contribution in [0.2, 0.25) is 0 Å². The lowest BCUT2D eigenvalue weighted by Crippen LogP contribution is -2.49. The number of nitrogens with zero attached hydrogens (tertiary/aromatic N) is 1. The third kappa shape index (κ3) is 3.86. The highest BCUT2D eigenvalue weighted by Crippen LogP contribution is 2.51. The second-order valence-corrected chi connectivity index (χ2v) is 8.11. The fraction of sp³-hybridized carbons (Fsp3) is 0.632. The summed E-state index contributed by atoms with van der Waals surface area (Å²) in [6, 6.07) is 10.6. The number of ether oxygens (including phenoxy) is 1. The molecule has 0 spiro atoms. The van der Waals surface area contributed by atoms with Crippen molar-refractivity contribution in [2.75, 3.05) is 19.6 Å². The van der Waals surface area contributed by atoms with Crippen molar-refractivity contribution in [1.82, 2.24) is 10.2 Å². The summed E-state index contributed by atoms with van der Waals surface area (Å²) >= 11 is 0. The van der Waals surface area contributed by atoms with Gasteiger partial charge in [-0.3, -0.25) is 4.90 Å². The van der Waals surface area contributed by atoms with Crippen molar-refractivity contribution in [2.24, 2.45) is 11.3 Å². The van der Waals surface area contributed by atoms with Crippen molar-refractivity contribution in [3.63, 3.8) is 0 Å². The van der Waals surface area contributed by atoms with Crippen LogP contribution in [0.25, 0.3) is 0 Å². The third-order valence-corrected chi connectivity index (χ3v) is 5.11. The monoisotopic (exact) mass is 316 g/mol. The van der Waals surface area contributed by atoms with Crippen LogP contribution in [0.15, 0.2) is 30.3 Å². The van der Waals surface area contributed by atoms with Crippen molar-refractivity contribution in [2.45, 2.75) is 45.8 Å². The quantitative estimate of drug-likeness (QED) is 0.925. The normalized spacial score (nSPS) is 27.2. The van der Waals surface area contributed by atoms with E-state index in [4.69, 9.17) is 4.74 Å². The van der Waals surface area contributed by atoms with Gasteiger partial charge in [-0.2, -0.15) is 0 Å². The molecule has 2 unspecified atom stereocenters. The van der Waals surface area contributed by atoms with Gasteiger partial charge >= 0.3 is 6.09 Å². The zero-order valence-electron chi connectivity index (χ0n) is 14.5. The van der Waals surface area contributed by atoms with Crippen LogP contribution in [0.1, 0.15) is 39.2 Å². The Kier molecular flexibility index (Phi) is 4.37. The lowest BCUT2D eigenvalue weighted by atomic mass is 9.62. The molecule has 23 heavy (non-hydrogen) atoms. The molecule has 2 atom stereocenters. The second kappa shape index (κ2) is 6.16. The summed E-state index contributed by atoms with van der Waals surface area (Å²) in [7, 11) is 0. The summed E-state index contributed by atoms with van der Waals surface area (Å²) in [5.74, 6) is 0.709. The van der Waals surface area contributed by atoms with E-state index in [0.717, 1.165) is 26.2 Å². The number of likely N-dealkylation sites (tertiary alicyclic amines) is 1. The molecule has 2 aliphatic rings. The number of carbonyl (C=O) groups is 1. The van der Waals surface area contributed by atoms with E-state index in [0.29, 0.717) is 5.92 Å². The van der Waals surface area contributed by atoms with Crippen molar-refractivity contribution >= 4 is 6.09 Å². The fourth-order valence-electron chi connectivity index (χ4n) is 3.88. The highest BCUT2D eigenvalue weighted by atomic mass is 16.6. The van der Waals surface area contributed by atoms with Gasteiger partial charge < -0.3 is 10.1 Å². The molecule has 4 heteroatoms. The summed E-state index contributed by atoms with van der Waals surface area (Å²) in [6.07, 6.45) is 2.19. The molecule has 1 amide bonds. The summed E-state index contributed by atoms with van der Waals surface area (Å²) < 4.78 is 5.36. The summed E-state index contributed by atoms with van der Waals surface area (Å²) in [6.45, 7) is 9.65. The topological polar surface area (TPSA) is 41.6 Å². The zero-order valence-corrected chi connectivity index (χ0v) is 14.5. The molecule has 0 radical (unpaired) electrons. The Morgan fingerprint density at radius 2 is 2.09 bits per heavy atom. The number of hydrogen-bond acceptors (Lipinski definition) is 3. The van der Waals surface area contributed by atoms with Crippen molar-refractivity contribution in [3.05, 3.63) is 35.9 Å². The molecular weight excluding hydrogens is 288 g/mol. The smallest absolute Gasteiger partial charge is 0.407 e. The van der Waals surface area contributed by atoms with E-state index >= 15 is 0 Å². The van der Waals surface area contributed by atoms with Gasteiger partial charge in [-0.25, -0.2) is 4.79 Å². The van der Waals surface area contributed by atoms with Crippen LogP contribution in [0.4, 0.5) is 4.79 Å². The third-order valence-electron chi connectivity index (χ3n) is 5.11. The van der Waals surface area contributed by atoms with E-state index in [-0.39, 0.29) is 11.5 Å². The first-order chi connectivity index (χ1) is 10.9. The summed E-state index contributed by atoms with van der Waals surface area (Å²) in [4.78, 5) is 14.4. The van der Waals surface area contributed by atoms with E-state index in [9.17, 15) is 4.79 Å². The number of carbonyl (C=O) groups excluding carboxylic acids is 1. The maximum absolute atomic E-state index is 11.9. The minimum atomic E-state index is -0.435. The maximum Gasteiger partial charge on any atom is 0.407 e. The second-order valence-electron chi connectivity index (χ2n) is 8.11. The van der Waals surface area contributed by atoms with E-state index in [2.05, 4.69) is 40.5 Å². The Morgan fingerprint density at radius 3 is 2.70 bits per heavy atom. The molecule has 4 nitrogen and oxygen atoms in total. The van der Waals surface area contributed by atoms with Crippen LogP contribution >= 0.6 is 0 Å². The summed E-state index contributed by atoms with van der Waals surface area (Å²) in [5, 5.41) is 3.00. The Bertz CT molecular complexity index is 552. The lowest BCUT2D eigenvalue weighted by molar-refractivity contribution is 0.0391. The first-order valence-corrected chi connectivity index (χ1v) is 8.59. The largest absolute Gasteiger partial charge is 0.444 e. The van der Waals surface area contributed by atoms with Gasteiger partial charge in [0, 0.05) is 31.6 Å². The zero-order chi connectivity index (χ0) is 16.5. The minimum absolute atomic E-state index is 0.256. The van der Waals surface area contributed by atoms with Gasteiger partial charge in [-0.15, -0.1) is 0 Å². The van der Waals surface area contributed by atoms with E-state index < -0.39 is 5.60 Å². The van der Waals surface area contributed by atoms with Gasteiger partial charge in [-0.1, -0.05) is 30.3 Å². The van der Waals surface area contributed by atoms with Gasteiger partial charge in [0.1, 0.15) is 5.60 Å². The Balaban J connectivity index is 1.53. The molecule has 2 fully saturated rings.